The smallest absolute Gasteiger partial charge is 0.172 e. The van der Waals surface area contributed by atoms with E-state index in [1.807, 2.05) is 24.8 Å². The Labute approximate surface area is 116 Å². The Balaban J connectivity index is 2.11. The van der Waals surface area contributed by atoms with Crippen LogP contribution >= 0.6 is 11.6 Å². The maximum absolute atomic E-state index is 13.4. The number of hydrogen-bond donors (Lipinski definition) is 0. The van der Waals surface area contributed by atoms with Crippen LogP contribution in [0.3, 0.4) is 0 Å². The average molecular weight is 278 g/mol. The SMILES string of the molecule is Cc1nc(Cl)c(N2CCc3ccc(F)cc32)nc1C. The van der Waals surface area contributed by atoms with Gasteiger partial charge in [0.25, 0.3) is 0 Å². The van der Waals surface area contributed by atoms with Crippen LogP contribution in [-0.2, 0) is 6.42 Å². The lowest BCUT2D eigenvalue weighted by Crippen LogP contribution is -2.17. The van der Waals surface area contributed by atoms with Crippen molar-refractivity contribution in [1.29, 1.82) is 0 Å². The number of anilines is 2. The van der Waals surface area contributed by atoms with Gasteiger partial charge in [-0.25, -0.2) is 14.4 Å². The van der Waals surface area contributed by atoms with Crippen molar-refractivity contribution in [3.05, 3.63) is 46.1 Å². The summed E-state index contributed by atoms with van der Waals surface area (Å²) < 4.78 is 13.4. The van der Waals surface area contributed by atoms with E-state index in [9.17, 15) is 4.39 Å². The minimum atomic E-state index is -0.251. The molecule has 1 aromatic carbocycles. The monoisotopic (exact) mass is 277 g/mol. The van der Waals surface area contributed by atoms with Gasteiger partial charge in [0.2, 0.25) is 0 Å². The van der Waals surface area contributed by atoms with Gasteiger partial charge in [0.05, 0.1) is 11.4 Å². The van der Waals surface area contributed by atoms with E-state index < -0.39 is 0 Å². The molecule has 3 rings (SSSR count). The second-order valence-corrected chi connectivity index (χ2v) is 5.04. The first-order valence-electron chi connectivity index (χ1n) is 6.13. The van der Waals surface area contributed by atoms with Crippen LogP contribution in [0.2, 0.25) is 5.15 Å². The van der Waals surface area contributed by atoms with E-state index in [0.717, 1.165) is 35.6 Å². The second kappa shape index (κ2) is 4.46. The Morgan fingerprint density at radius 3 is 2.74 bits per heavy atom. The largest absolute Gasteiger partial charge is 0.323 e. The molecule has 0 radical (unpaired) electrons. The lowest BCUT2D eigenvalue weighted by atomic mass is 10.2. The molecule has 1 aromatic heterocycles. The molecular weight excluding hydrogens is 265 g/mol. The molecule has 2 heterocycles. The number of nitrogens with zero attached hydrogens (tertiary/aromatic N) is 3. The predicted molar refractivity (Wildman–Crippen MR) is 73.6 cm³/mol. The molecule has 0 amide bonds. The molecule has 0 aliphatic carbocycles. The van der Waals surface area contributed by atoms with E-state index in [4.69, 9.17) is 11.6 Å². The van der Waals surface area contributed by atoms with Gasteiger partial charge in [0.15, 0.2) is 11.0 Å². The van der Waals surface area contributed by atoms with Crippen molar-refractivity contribution >= 4 is 23.1 Å². The van der Waals surface area contributed by atoms with Gasteiger partial charge in [-0.15, -0.1) is 0 Å². The van der Waals surface area contributed by atoms with Crippen LogP contribution in [0, 0.1) is 19.7 Å². The fourth-order valence-electron chi connectivity index (χ4n) is 2.31. The summed E-state index contributed by atoms with van der Waals surface area (Å²) in [6, 6.07) is 4.82. The predicted octanol–water partition coefficient (Wildman–Crippen LogP) is 3.58. The summed E-state index contributed by atoms with van der Waals surface area (Å²) in [4.78, 5) is 10.7. The van der Waals surface area contributed by atoms with Crippen molar-refractivity contribution in [2.45, 2.75) is 20.3 Å². The van der Waals surface area contributed by atoms with E-state index in [1.54, 1.807) is 0 Å². The zero-order valence-electron chi connectivity index (χ0n) is 10.7. The van der Waals surface area contributed by atoms with Crippen molar-refractivity contribution in [2.75, 3.05) is 11.4 Å². The third-order valence-electron chi connectivity index (χ3n) is 3.45. The number of rotatable bonds is 1. The number of benzene rings is 1. The summed E-state index contributed by atoms with van der Waals surface area (Å²) in [6.07, 6.45) is 0.862. The molecule has 0 spiro atoms. The molecule has 0 atom stereocenters. The molecule has 3 nitrogen and oxygen atoms in total. The molecular formula is C14H13ClFN3. The number of aromatic nitrogens is 2. The molecule has 5 heteroatoms. The molecule has 1 aliphatic rings. The summed E-state index contributed by atoms with van der Waals surface area (Å²) in [6.45, 7) is 4.51. The van der Waals surface area contributed by atoms with Gasteiger partial charge < -0.3 is 4.90 Å². The standard InChI is InChI=1S/C14H13ClFN3/c1-8-9(2)18-14(13(15)17-8)19-6-5-10-3-4-11(16)7-12(10)19/h3-4,7H,5-6H2,1-2H3. The number of halogens is 2. The summed E-state index contributed by atoms with van der Waals surface area (Å²) >= 11 is 6.18. The summed E-state index contributed by atoms with van der Waals surface area (Å²) in [5.74, 6) is 0.354. The van der Waals surface area contributed by atoms with Gasteiger partial charge in [-0.2, -0.15) is 0 Å². The Hall–Kier alpha value is -1.68. The molecule has 98 valence electrons. The zero-order valence-corrected chi connectivity index (χ0v) is 11.5. The molecule has 0 saturated carbocycles. The van der Waals surface area contributed by atoms with Crippen LogP contribution in [0.1, 0.15) is 17.0 Å². The highest BCUT2D eigenvalue weighted by Crippen LogP contribution is 2.36. The van der Waals surface area contributed by atoms with Gasteiger partial charge in [-0.1, -0.05) is 17.7 Å². The van der Waals surface area contributed by atoms with Gasteiger partial charge in [-0.05, 0) is 38.0 Å². The molecule has 19 heavy (non-hydrogen) atoms. The van der Waals surface area contributed by atoms with E-state index in [2.05, 4.69) is 9.97 Å². The van der Waals surface area contributed by atoms with Crippen molar-refractivity contribution in [3.8, 4) is 0 Å². The Bertz CT molecular complexity index is 657. The van der Waals surface area contributed by atoms with Crippen molar-refractivity contribution in [1.82, 2.24) is 9.97 Å². The molecule has 0 fully saturated rings. The average Bonchev–Trinajstić information content (AvgIpc) is 2.76. The molecule has 0 saturated heterocycles. The highest BCUT2D eigenvalue weighted by Gasteiger charge is 2.24. The first-order chi connectivity index (χ1) is 9.06. The summed E-state index contributed by atoms with van der Waals surface area (Å²) in [7, 11) is 0. The van der Waals surface area contributed by atoms with Gasteiger partial charge in [0, 0.05) is 12.2 Å². The number of fused-ring (bicyclic) bond motifs is 1. The normalized spacial score (nSPS) is 13.8. The van der Waals surface area contributed by atoms with E-state index >= 15 is 0 Å². The Morgan fingerprint density at radius 2 is 1.95 bits per heavy atom. The fraction of sp³-hybridized carbons (Fsp3) is 0.286. The van der Waals surface area contributed by atoms with Gasteiger partial charge in [0.1, 0.15) is 5.82 Å². The van der Waals surface area contributed by atoms with Crippen molar-refractivity contribution in [2.24, 2.45) is 0 Å². The van der Waals surface area contributed by atoms with Crippen LogP contribution in [0.4, 0.5) is 15.9 Å². The quantitative estimate of drug-likeness (QED) is 0.798. The minimum Gasteiger partial charge on any atom is -0.323 e. The minimum absolute atomic E-state index is 0.251. The highest BCUT2D eigenvalue weighted by atomic mass is 35.5. The van der Waals surface area contributed by atoms with Crippen LogP contribution in [0.5, 0.6) is 0 Å². The first kappa shape index (κ1) is 12.4. The lowest BCUT2D eigenvalue weighted by Gasteiger charge is -2.20. The lowest BCUT2D eigenvalue weighted by molar-refractivity contribution is 0.628. The zero-order chi connectivity index (χ0) is 13.6. The summed E-state index contributed by atoms with van der Waals surface area (Å²) in [5.41, 5.74) is 3.59. The topological polar surface area (TPSA) is 29.0 Å². The van der Waals surface area contributed by atoms with Gasteiger partial charge >= 0.3 is 0 Å². The van der Waals surface area contributed by atoms with Crippen molar-refractivity contribution < 1.29 is 4.39 Å². The van der Waals surface area contributed by atoms with E-state index in [0.29, 0.717) is 11.0 Å². The molecule has 1 aliphatic heterocycles. The number of hydrogen-bond acceptors (Lipinski definition) is 3. The van der Waals surface area contributed by atoms with Crippen LogP contribution in [0.25, 0.3) is 0 Å². The number of aryl methyl sites for hydroxylation is 2. The van der Waals surface area contributed by atoms with E-state index in [1.165, 1.54) is 12.1 Å². The summed E-state index contributed by atoms with van der Waals surface area (Å²) in [5, 5.41) is 0.361. The van der Waals surface area contributed by atoms with E-state index in [-0.39, 0.29) is 5.82 Å². The third kappa shape index (κ3) is 2.06. The molecule has 0 N–H and O–H groups in total. The molecule has 2 aromatic rings. The Morgan fingerprint density at radius 1 is 1.21 bits per heavy atom. The maximum atomic E-state index is 13.4. The third-order valence-corrected chi connectivity index (χ3v) is 3.70. The van der Waals surface area contributed by atoms with Gasteiger partial charge in [-0.3, -0.25) is 0 Å². The van der Waals surface area contributed by atoms with Crippen molar-refractivity contribution in [3.63, 3.8) is 0 Å². The first-order valence-corrected chi connectivity index (χ1v) is 6.51. The van der Waals surface area contributed by atoms with Crippen LogP contribution < -0.4 is 4.90 Å². The second-order valence-electron chi connectivity index (χ2n) is 4.68. The van der Waals surface area contributed by atoms with Crippen LogP contribution in [0.15, 0.2) is 18.2 Å². The fourth-order valence-corrected chi connectivity index (χ4v) is 2.58. The maximum Gasteiger partial charge on any atom is 0.172 e. The molecule has 0 unspecified atom stereocenters. The highest BCUT2D eigenvalue weighted by molar-refractivity contribution is 6.31. The molecule has 0 bridgehead atoms. The Kier molecular flexibility index (Phi) is 2.90. The van der Waals surface area contributed by atoms with Crippen LogP contribution in [-0.4, -0.2) is 16.5 Å².